The molecule has 0 atom stereocenters. The van der Waals surface area contributed by atoms with Crippen molar-refractivity contribution in [3.05, 3.63) is 52.7 Å². The van der Waals surface area contributed by atoms with Gasteiger partial charge in [-0.1, -0.05) is 23.7 Å². The highest BCUT2D eigenvalue weighted by Crippen LogP contribution is 2.22. The summed E-state index contributed by atoms with van der Waals surface area (Å²) in [6.07, 6.45) is 1.82. The average Bonchev–Trinajstić information content (AvgIpc) is 2.65. The number of halogens is 1. The van der Waals surface area contributed by atoms with Gasteiger partial charge in [-0.2, -0.15) is 0 Å². The molecular formula is C19H24ClN5O. The minimum atomic E-state index is -0.265. The molecule has 7 heteroatoms. The van der Waals surface area contributed by atoms with Crippen LogP contribution in [0, 0.1) is 6.92 Å². The van der Waals surface area contributed by atoms with Crippen LogP contribution in [0.25, 0.3) is 0 Å². The van der Waals surface area contributed by atoms with Gasteiger partial charge >= 0.3 is 6.03 Å². The molecule has 2 aromatic rings. The van der Waals surface area contributed by atoms with E-state index in [0.29, 0.717) is 17.3 Å². The number of pyridine rings is 1. The number of carbonyl (C=O) groups excluding carboxylic acids is 1. The van der Waals surface area contributed by atoms with Gasteiger partial charge in [0.05, 0.1) is 0 Å². The lowest BCUT2D eigenvalue weighted by Crippen LogP contribution is -2.44. The molecule has 3 rings (SSSR count). The topological polar surface area (TPSA) is 60.5 Å². The number of piperazine rings is 1. The van der Waals surface area contributed by atoms with Gasteiger partial charge in [-0.15, -0.1) is 0 Å². The number of hydrogen-bond donors (Lipinski definition) is 2. The van der Waals surface area contributed by atoms with Crippen molar-refractivity contribution in [2.24, 2.45) is 0 Å². The SMILES string of the molecule is Cc1c(Cl)cccc1NC(=O)NCc1ccc(N2CCN(C)CC2)nc1. The van der Waals surface area contributed by atoms with E-state index in [2.05, 4.69) is 32.5 Å². The van der Waals surface area contributed by atoms with Crippen LogP contribution in [-0.4, -0.2) is 49.1 Å². The molecule has 0 spiro atoms. The third-order valence-electron chi connectivity index (χ3n) is 4.61. The number of urea groups is 1. The van der Waals surface area contributed by atoms with Gasteiger partial charge in [0.15, 0.2) is 0 Å². The number of aromatic nitrogens is 1. The van der Waals surface area contributed by atoms with E-state index < -0.39 is 0 Å². The highest BCUT2D eigenvalue weighted by atomic mass is 35.5. The number of likely N-dealkylation sites (N-methyl/N-ethyl adjacent to an activating group) is 1. The number of nitrogens with one attached hydrogen (secondary N) is 2. The van der Waals surface area contributed by atoms with Crippen molar-refractivity contribution in [3.63, 3.8) is 0 Å². The Labute approximate surface area is 159 Å². The Bertz CT molecular complexity index is 757. The maximum absolute atomic E-state index is 12.1. The fourth-order valence-electron chi connectivity index (χ4n) is 2.84. The highest BCUT2D eigenvalue weighted by molar-refractivity contribution is 6.31. The van der Waals surface area contributed by atoms with E-state index >= 15 is 0 Å². The summed E-state index contributed by atoms with van der Waals surface area (Å²) in [6, 6.07) is 9.19. The van der Waals surface area contributed by atoms with Crippen LogP contribution in [0.2, 0.25) is 5.02 Å². The lowest BCUT2D eigenvalue weighted by molar-refractivity contribution is 0.251. The second-order valence-electron chi connectivity index (χ2n) is 6.54. The van der Waals surface area contributed by atoms with Crippen LogP contribution in [0.1, 0.15) is 11.1 Å². The lowest BCUT2D eigenvalue weighted by Gasteiger charge is -2.33. The average molecular weight is 374 g/mol. The Morgan fingerprint density at radius 2 is 1.96 bits per heavy atom. The Hall–Kier alpha value is -2.31. The normalized spacial score (nSPS) is 15.0. The van der Waals surface area contributed by atoms with Gasteiger partial charge in [0.2, 0.25) is 0 Å². The molecule has 2 amide bonds. The molecule has 1 fully saturated rings. The van der Waals surface area contributed by atoms with Crippen molar-refractivity contribution in [2.75, 3.05) is 43.4 Å². The third-order valence-corrected chi connectivity index (χ3v) is 5.01. The summed E-state index contributed by atoms with van der Waals surface area (Å²) in [5, 5.41) is 6.30. The first kappa shape index (κ1) is 18.5. The standard InChI is InChI=1S/C19H24ClN5O/c1-14-16(20)4-3-5-17(14)23-19(26)22-13-15-6-7-18(21-12-15)25-10-8-24(2)9-11-25/h3-7,12H,8-11,13H2,1-2H3,(H2,22,23,26). The maximum Gasteiger partial charge on any atom is 0.319 e. The monoisotopic (exact) mass is 373 g/mol. The van der Waals surface area contributed by atoms with E-state index in [1.54, 1.807) is 6.07 Å². The molecular weight excluding hydrogens is 350 g/mol. The van der Waals surface area contributed by atoms with E-state index in [9.17, 15) is 4.79 Å². The molecule has 2 N–H and O–H groups in total. The Morgan fingerprint density at radius 1 is 1.19 bits per heavy atom. The van der Waals surface area contributed by atoms with Gasteiger partial charge in [-0.05, 0) is 43.3 Å². The van der Waals surface area contributed by atoms with Crippen LogP contribution < -0.4 is 15.5 Å². The number of rotatable bonds is 4. The predicted octanol–water partition coefficient (Wildman–Crippen LogP) is 3.12. The Balaban J connectivity index is 1.51. The van der Waals surface area contributed by atoms with Gasteiger partial charge in [-0.3, -0.25) is 0 Å². The zero-order valence-corrected chi connectivity index (χ0v) is 15.9. The molecule has 0 unspecified atom stereocenters. The minimum Gasteiger partial charge on any atom is -0.354 e. The van der Waals surface area contributed by atoms with Crippen LogP contribution in [0.4, 0.5) is 16.3 Å². The molecule has 1 aliphatic heterocycles. The zero-order chi connectivity index (χ0) is 18.5. The molecule has 0 bridgehead atoms. The molecule has 1 aliphatic rings. The number of anilines is 2. The quantitative estimate of drug-likeness (QED) is 0.864. The van der Waals surface area contributed by atoms with E-state index in [0.717, 1.165) is 43.1 Å². The molecule has 1 aromatic heterocycles. The van der Waals surface area contributed by atoms with Gasteiger partial charge in [0.1, 0.15) is 5.82 Å². The first-order chi connectivity index (χ1) is 12.5. The second kappa shape index (κ2) is 8.38. The van der Waals surface area contributed by atoms with Crippen molar-refractivity contribution in [2.45, 2.75) is 13.5 Å². The molecule has 1 saturated heterocycles. The van der Waals surface area contributed by atoms with Crippen molar-refractivity contribution in [1.29, 1.82) is 0 Å². The van der Waals surface area contributed by atoms with Gasteiger partial charge in [0.25, 0.3) is 0 Å². The van der Waals surface area contributed by atoms with Crippen LogP contribution in [-0.2, 0) is 6.54 Å². The van der Waals surface area contributed by atoms with E-state index in [4.69, 9.17) is 11.6 Å². The van der Waals surface area contributed by atoms with Crippen molar-refractivity contribution in [1.82, 2.24) is 15.2 Å². The molecule has 2 heterocycles. The summed E-state index contributed by atoms with van der Waals surface area (Å²) in [5.74, 6) is 0.987. The van der Waals surface area contributed by atoms with E-state index in [1.165, 1.54) is 0 Å². The molecule has 1 aromatic carbocycles. The molecule has 26 heavy (non-hydrogen) atoms. The summed E-state index contributed by atoms with van der Waals surface area (Å²) in [5.41, 5.74) is 2.52. The van der Waals surface area contributed by atoms with Crippen LogP contribution in [0.5, 0.6) is 0 Å². The van der Waals surface area contributed by atoms with E-state index in [-0.39, 0.29) is 6.03 Å². The van der Waals surface area contributed by atoms with E-state index in [1.807, 2.05) is 37.4 Å². The van der Waals surface area contributed by atoms with Crippen LogP contribution >= 0.6 is 11.6 Å². The van der Waals surface area contributed by atoms with Crippen molar-refractivity contribution in [3.8, 4) is 0 Å². The second-order valence-corrected chi connectivity index (χ2v) is 6.94. The number of hydrogen-bond acceptors (Lipinski definition) is 4. The minimum absolute atomic E-state index is 0.265. The molecule has 0 saturated carbocycles. The fourth-order valence-corrected chi connectivity index (χ4v) is 3.01. The summed E-state index contributed by atoms with van der Waals surface area (Å²) < 4.78 is 0. The van der Waals surface area contributed by atoms with Crippen molar-refractivity contribution >= 4 is 29.1 Å². The largest absolute Gasteiger partial charge is 0.354 e. The first-order valence-electron chi connectivity index (χ1n) is 8.71. The van der Waals surface area contributed by atoms with Gasteiger partial charge < -0.3 is 20.4 Å². The third kappa shape index (κ3) is 4.65. The summed E-state index contributed by atoms with van der Waals surface area (Å²) in [6.45, 7) is 6.37. The predicted molar refractivity (Wildman–Crippen MR) is 106 cm³/mol. The number of nitrogens with zero attached hydrogens (tertiary/aromatic N) is 3. The lowest BCUT2D eigenvalue weighted by atomic mass is 10.2. The molecule has 6 nitrogen and oxygen atoms in total. The fraction of sp³-hybridized carbons (Fsp3) is 0.368. The number of carbonyl (C=O) groups is 1. The highest BCUT2D eigenvalue weighted by Gasteiger charge is 2.15. The number of amides is 2. The number of benzene rings is 1. The summed E-state index contributed by atoms with van der Waals surface area (Å²) >= 11 is 6.07. The molecule has 0 radical (unpaired) electrons. The van der Waals surface area contributed by atoms with Crippen LogP contribution in [0.3, 0.4) is 0 Å². The molecule has 0 aliphatic carbocycles. The Kier molecular flexibility index (Phi) is 5.96. The summed E-state index contributed by atoms with van der Waals surface area (Å²) in [7, 11) is 2.13. The maximum atomic E-state index is 12.1. The first-order valence-corrected chi connectivity index (χ1v) is 9.09. The van der Waals surface area contributed by atoms with Gasteiger partial charge in [0, 0.05) is 49.6 Å². The Morgan fingerprint density at radius 3 is 2.65 bits per heavy atom. The summed E-state index contributed by atoms with van der Waals surface area (Å²) in [4.78, 5) is 21.2. The van der Waals surface area contributed by atoms with Gasteiger partial charge in [-0.25, -0.2) is 9.78 Å². The van der Waals surface area contributed by atoms with Crippen molar-refractivity contribution < 1.29 is 4.79 Å². The smallest absolute Gasteiger partial charge is 0.319 e. The molecule has 138 valence electrons. The zero-order valence-electron chi connectivity index (χ0n) is 15.1. The van der Waals surface area contributed by atoms with Crippen LogP contribution in [0.15, 0.2) is 36.5 Å².